The molecular weight excluding hydrogens is 187 g/mol. The van der Waals surface area contributed by atoms with Gasteiger partial charge in [0.25, 0.3) is 0 Å². The lowest BCUT2D eigenvalue weighted by molar-refractivity contribution is 0.187. The highest BCUT2D eigenvalue weighted by molar-refractivity contribution is 5.84. The third-order valence-electron chi connectivity index (χ3n) is 1.52. The lowest BCUT2D eigenvalue weighted by atomic mass is 10.2. The van der Waals surface area contributed by atoms with E-state index in [4.69, 9.17) is 5.26 Å². The van der Waals surface area contributed by atoms with Crippen molar-refractivity contribution in [1.82, 2.24) is 0 Å². The fraction of sp³-hybridized carbons (Fsp3) is 0.111. The van der Waals surface area contributed by atoms with Crippen LogP contribution in [0, 0.1) is 17.1 Å². The molecule has 72 valence electrons. The van der Waals surface area contributed by atoms with Crippen molar-refractivity contribution in [2.75, 3.05) is 12.4 Å². The van der Waals surface area contributed by atoms with Crippen LogP contribution in [-0.4, -0.2) is 13.2 Å². The van der Waals surface area contributed by atoms with Crippen molar-refractivity contribution in [2.45, 2.75) is 0 Å². The van der Waals surface area contributed by atoms with E-state index in [9.17, 15) is 9.18 Å². The van der Waals surface area contributed by atoms with Crippen LogP contribution >= 0.6 is 0 Å². The van der Waals surface area contributed by atoms with Crippen LogP contribution in [0.15, 0.2) is 18.2 Å². The number of nitrogens with zero attached hydrogens (tertiary/aromatic N) is 1. The number of carbonyl (C=O) groups excluding carboxylic acids is 1. The molecule has 0 aliphatic rings. The molecule has 0 fully saturated rings. The number of carbonyl (C=O) groups is 1. The third kappa shape index (κ3) is 2.20. The van der Waals surface area contributed by atoms with Crippen LogP contribution in [-0.2, 0) is 4.74 Å². The summed E-state index contributed by atoms with van der Waals surface area (Å²) in [6, 6.07) is 5.50. The lowest BCUT2D eigenvalue weighted by Gasteiger charge is -2.04. The first-order chi connectivity index (χ1) is 6.67. The Kier molecular flexibility index (Phi) is 3.02. The van der Waals surface area contributed by atoms with Gasteiger partial charge in [-0.3, -0.25) is 5.32 Å². The van der Waals surface area contributed by atoms with E-state index in [2.05, 4.69) is 10.1 Å². The normalized spacial score (nSPS) is 8.93. The SMILES string of the molecule is COC(=O)Nc1ccc(C#N)cc1F. The number of methoxy groups -OCH3 is 1. The van der Waals surface area contributed by atoms with Gasteiger partial charge in [0.05, 0.1) is 24.4 Å². The highest BCUT2D eigenvalue weighted by Gasteiger charge is 2.06. The topological polar surface area (TPSA) is 62.1 Å². The Bertz CT molecular complexity index is 398. The standard InChI is InChI=1S/C9H7FN2O2/c1-14-9(13)12-8-3-2-6(5-11)4-7(8)10/h2-4H,1H3,(H,12,13). The van der Waals surface area contributed by atoms with Crippen molar-refractivity contribution in [3.8, 4) is 6.07 Å². The molecule has 0 saturated carbocycles. The fourth-order valence-electron chi connectivity index (χ4n) is 0.847. The number of hydrogen-bond donors (Lipinski definition) is 1. The Morgan fingerprint density at radius 1 is 1.64 bits per heavy atom. The average Bonchev–Trinajstić information content (AvgIpc) is 2.20. The molecule has 5 heteroatoms. The first kappa shape index (κ1) is 9.99. The number of rotatable bonds is 1. The molecule has 14 heavy (non-hydrogen) atoms. The van der Waals surface area contributed by atoms with Gasteiger partial charge >= 0.3 is 6.09 Å². The predicted octanol–water partition coefficient (Wildman–Crippen LogP) is 1.88. The molecular formula is C9H7FN2O2. The molecule has 1 aromatic carbocycles. The van der Waals surface area contributed by atoms with Crippen molar-refractivity contribution in [2.24, 2.45) is 0 Å². The summed E-state index contributed by atoms with van der Waals surface area (Å²) in [6.07, 6.45) is -0.756. The van der Waals surface area contributed by atoms with E-state index in [0.717, 1.165) is 6.07 Å². The minimum absolute atomic E-state index is 0.0177. The summed E-state index contributed by atoms with van der Waals surface area (Å²) in [7, 11) is 1.18. The van der Waals surface area contributed by atoms with Gasteiger partial charge in [-0.2, -0.15) is 5.26 Å². The second-order valence-corrected chi connectivity index (χ2v) is 2.42. The molecule has 0 saturated heterocycles. The quantitative estimate of drug-likeness (QED) is 0.742. The molecule has 0 aliphatic heterocycles. The number of ether oxygens (including phenoxy) is 1. The summed E-state index contributed by atoms with van der Waals surface area (Å²) in [6.45, 7) is 0. The number of anilines is 1. The van der Waals surface area contributed by atoms with Gasteiger partial charge in [-0.15, -0.1) is 0 Å². The van der Waals surface area contributed by atoms with Crippen LogP contribution in [0.3, 0.4) is 0 Å². The van der Waals surface area contributed by atoms with Gasteiger partial charge in [0, 0.05) is 0 Å². The highest BCUT2D eigenvalue weighted by Crippen LogP contribution is 2.15. The molecule has 0 unspecified atom stereocenters. The van der Waals surface area contributed by atoms with Gasteiger partial charge in [-0.1, -0.05) is 0 Å². The Morgan fingerprint density at radius 2 is 2.36 bits per heavy atom. The first-order valence-electron chi connectivity index (χ1n) is 3.72. The number of nitrogens with one attached hydrogen (secondary N) is 1. The van der Waals surface area contributed by atoms with E-state index in [-0.39, 0.29) is 11.3 Å². The zero-order valence-corrected chi connectivity index (χ0v) is 7.37. The van der Waals surface area contributed by atoms with Gasteiger partial charge in [-0.25, -0.2) is 9.18 Å². The van der Waals surface area contributed by atoms with Crippen LogP contribution in [0.5, 0.6) is 0 Å². The maximum atomic E-state index is 13.1. The van der Waals surface area contributed by atoms with Gasteiger partial charge in [0.15, 0.2) is 0 Å². The molecule has 0 heterocycles. The lowest BCUT2D eigenvalue weighted by Crippen LogP contribution is -2.12. The van der Waals surface area contributed by atoms with Crippen LogP contribution in [0.25, 0.3) is 0 Å². The molecule has 1 N–H and O–H groups in total. The zero-order valence-electron chi connectivity index (χ0n) is 7.37. The van der Waals surface area contributed by atoms with Crippen LogP contribution in [0.1, 0.15) is 5.56 Å². The van der Waals surface area contributed by atoms with Gasteiger partial charge in [0.1, 0.15) is 5.82 Å². The van der Waals surface area contributed by atoms with Crippen molar-refractivity contribution in [3.05, 3.63) is 29.6 Å². The number of hydrogen-bond acceptors (Lipinski definition) is 3. The summed E-state index contributed by atoms with van der Waals surface area (Å²) >= 11 is 0. The second-order valence-electron chi connectivity index (χ2n) is 2.42. The summed E-state index contributed by atoms with van der Waals surface area (Å²) < 4.78 is 17.4. The van der Waals surface area contributed by atoms with E-state index in [1.165, 1.54) is 19.2 Å². The maximum Gasteiger partial charge on any atom is 0.411 e. The molecule has 1 rings (SSSR count). The average molecular weight is 194 g/mol. The third-order valence-corrected chi connectivity index (χ3v) is 1.52. The monoisotopic (exact) mass is 194 g/mol. The number of nitriles is 1. The number of halogens is 1. The van der Waals surface area contributed by atoms with Gasteiger partial charge in [-0.05, 0) is 18.2 Å². The van der Waals surface area contributed by atoms with E-state index in [0.29, 0.717) is 0 Å². The van der Waals surface area contributed by atoms with E-state index < -0.39 is 11.9 Å². The number of amides is 1. The summed E-state index contributed by atoms with van der Waals surface area (Å²) in [5, 5.41) is 10.6. The Hall–Kier alpha value is -2.09. The predicted molar refractivity (Wildman–Crippen MR) is 47.1 cm³/mol. The molecule has 4 nitrogen and oxygen atoms in total. The molecule has 0 aliphatic carbocycles. The summed E-state index contributed by atoms with van der Waals surface area (Å²) in [5.74, 6) is -0.672. The molecule has 0 radical (unpaired) electrons. The minimum Gasteiger partial charge on any atom is -0.453 e. The first-order valence-corrected chi connectivity index (χ1v) is 3.72. The van der Waals surface area contributed by atoms with Crippen molar-refractivity contribution >= 4 is 11.8 Å². The smallest absolute Gasteiger partial charge is 0.411 e. The van der Waals surface area contributed by atoms with E-state index >= 15 is 0 Å². The summed E-state index contributed by atoms with van der Waals surface area (Å²) in [5.41, 5.74) is 0.175. The molecule has 0 aromatic heterocycles. The molecule has 1 amide bonds. The molecule has 0 spiro atoms. The largest absolute Gasteiger partial charge is 0.453 e. The Labute approximate surface area is 79.9 Å². The van der Waals surface area contributed by atoms with Gasteiger partial charge < -0.3 is 4.74 Å². The van der Waals surface area contributed by atoms with Crippen molar-refractivity contribution in [1.29, 1.82) is 5.26 Å². The van der Waals surface area contributed by atoms with Crippen LogP contribution in [0.2, 0.25) is 0 Å². The van der Waals surface area contributed by atoms with Crippen molar-refractivity contribution < 1.29 is 13.9 Å². The fourth-order valence-corrected chi connectivity index (χ4v) is 0.847. The molecule has 1 aromatic rings. The van der Waals surface area contributed by atoms with Crippen molar-refractivity contribution in [3.63, 3.8) is 0 Å². The van der Waals surface area contributed by atoms with E-state index in [1.54, 1.807) is 6.07 Å². The molecule has 0 bridgehead atoms. The molecule has 0 atom stereocenters. The maximum absolute atomic E-state index is 13.1. The van der Waals surface area contributed by atoms with E-state index in [1.807, 2.05) is 0 Å². The van der Waals surface area contributed by atoms with Crippen LogP contribution in [0.4, 0.5) is 14.9 Å². The zero-order chi connectivity index (χ0) is 10.6. The Balaban J connectivity index is 2.90. The number of benzene rings is 1. The van der Waals surface area contributed by atoms with Gasteiger partial charge in [0.2, 0.25) is 0 Å². The van der Waals surface area contributed by atoms with Crippen LogP contribution < -0.4 is 5.32 Å². The highest BCUT2D eigenvalue weighted by atomic mass is 19.1. The second kappa shape index (κ2) is 4.23. The summed E-state index contributed by atoms with van der Waals surface area (Å²) in [4.78, 5) is 10.7. The minimum atomic E-state index is -0.756. The Morgan fingerprint density at radius 3 is 2.86 bits per heavy atom.